The quantitative estimate of drug-likeness (QED) is 0.563. The standard InChI is InChI=1S/C15H25N5O/c1-4-20(9-7-17-2)10-8-19-13-6-5-12(15(16)21)11-14(13)18-3/h5-6,11,17,19H,3-4,7-10H2,1-2H3,(H2,16,21). The second-order valence-corrected chi connectivity index (χ2v) is 4.72. The third-order valence-corrected chi connectivity index (χ3v) is 3.32. The third kappa shape index (κ3) is 5.53. The molecule has 0 aliphatic carbocycles. The van der Waals surface area contributed by atoms with Crippen molar-refractivity contribution in [3.8, 4) is 0 Å². The predicted octanol–water partition coefficient (Wildman–Crippen LogP) is 1.07. The van der Waals surface area contributed by atoms with Crippen LogP contribution in [0.5, 0.6) is 0 Å². The van der Waals surface area contributed by atoms with Gasteiger partial charge in [0.15, 0.2) is 0 Å². The van der Waals surface area contributed by atoms with Crippen molar-refractivity contribution in [2.45, 2.75) is 6.92 Å². The van der Waals surface area contributed by atoms with Gasteiger partial charge in [0, 0.05) is 31.7 Å². The second-order valence-electron chi connectivity index (χ2n) is 4.72. The Labute approximate surface area is 126 Å². The number of hydrogen-bond donors (Lipinski definition) is 3. The summed E-state index contributed by atoms with van der Waals surface area (Å²) in [5.74, 6) is -0.462. The molecular formula is C15H25N5O. The molecule has 116 valence electrons. The summed E-state index contributed by atoms with van der Waals surface area (Å²) in [5, 5.41) is 6.47. The molecule has 0 aromatic heterocycles. The lowest BCUT2D eigenvalue weighted by Crippen LogP contribution is -2.34. The Bertz CT molecular complexity index is 475. The largest absolute Gasteiger partial charge is 0.382 e. The lowest BCUT2D eigenvalue weighted by Gasteiger charge is -2.21. The Morgan fingerprint density at radius 3 is 2.67 bits per heavy atom. The molecule has 1 rings (SSSR count). The maximum absolute atomic E-state index is 11.2. The van der Waals surface area contributed by atoms with Crippen molar-refractivity contribution in [1.82, 2.24) is 10.2 Å². The summed E-state index contributed by atoms with van der Waals surface area (Å²) in [7, 11) is 1.95. The van der Waals surface area contributed by atoms with E-state index >= 15 is 0 Å². The van der Waals surface area contributed by atoms with E-state index in [1.54, 1.807) is 12.1 Å². The Morgan fingerprint density at radius 1 is 1.38 bits per heavy atom. The van der Waals surface area contributed by atoms with E-state index in [-0.39, 0.29) is 0 Å². The molecule has 0 aliphatic rings. The van der Waals surface area contributed by atoms with E-state index in [4.69, 9.17) is 5.73 Å². The van der Waals surface area contributed by atoms with Gasteiger partial charge in [0.25, 0.3) is 0 Å². The zero-order chi connectivity index (χ0) is 15.7. The SMILES string of the molecule is C=Nc1cc(C(N)=O)ccc1NCCN(CC)CCNC. The highest BCUT2D eigenvalue weighted by Crippen LogP contribution is 2.25. The number of anilines is 1. The van der Waals surface area contributed by atoms with Crippen LogP contribution in [0, 0.1) is 0 Å². The molecule has 0 unspecified atom stereocenters. The lowest BCUT2D eigenvalue weighted by molar-refractivity contribution is 0.100. The summed E-state index contributed by atoms with van der Waals surface area (Å²) in [5.41, 5.74) is 7.20. The zero-order valence-electron chi connectivity index (χ0n) is 12.9. The summed E-state index contributed by atoms with van der Waals surface area (Å²) in [6.07, 6.45) is 0. The minimum Gasteiger partial charge on any atom is -0.382 e. The number of rotatable bonds is 10. The fourth-order valence-corrected chi connectivity index (χ4v) is 2.01. The molecule has 0 atom stereocenters. The van der Waals surface area contributed by atoms with Crippen LogP contribution in [0.4, 0.5) is 11.4 Å². The first-order valence-corrected chi connectivity index (χ1v) is 7.13. The average molecular weight is 291 g/mol. The van der Waals surface area contributed by atoms with Crippen molar-refractivity contribution < 1.29 is 4.79 Å². The maximum Gasteiger partial charge on any atom is 0.248 e. The summed E-state index contributed by atoms with van der Waals surface area (Å²) in [4.78, 5) is 17.4. The van der Waals surface area contributed by atoms with Gasteiger partial charge in [-0.25, -0.2) is 0 Å². The molecule has 0 saturated carbocycles. The van der Waals surface area contributed by atoms with Crippen LogP contribution >= 0.6 is 0 Å². The number of hydrogen-bond acceptors (Lipinski definition) is 5. The predicted molar refractivity (Wildman–Crippen MR) is 88.7 cm³/mol. The molecule has 0 bridgehead atoms. The lowest BCUT2D eigenvalue weighted by atomic mass is 10.1. The van der Waals surface area contributed by atoms with Crippen molar-refractivity contribution in [2.75, 3.05) is 45.1 Å². The van der Waals surface area contributed by atoms with Gasteiger partial charge in [-0.15, -0.1) is 0 Å². The molecule has 4 N–H and O–H groups in total. The normalized spacial score (nSPS) is 10.6. The molecule has 0 heterocycles. The molecule has 6 nitrogen and oxygen atoms in total. The Hall–Kier alpha value is -1.92. The molecule has 6 heteroatoms. The van der Waals surface area contributed by atoms with Crippen molar-refractivity contribution in [3.05, 3.63) is 23.8 Å². The number of carbonyl (C=O) groups excluding carboxylic acids is 1. The van der Waals surface area contributed by atoms with Crippen LogP contribution in [0.2, 0.25) is 0 Å². The van der Waals surface area contributed by atoms with Gasteiger partial charge in [-0.2, -0.15) is 0 Å². The van der Waals surface area contributed by atoms with Crippen LogP contribution in [0.25, 0.3) is 0 Å². The molecule has 1 aromatic carbocycles. The number of likely N-dealkylation sites (N-methyl/N-ethyl adjacent to an activating group) is 2. The van der Waals surface area contributed by atoms with Gasteiger partial charge in [-0.1, -0.05) is 6.92 Å². The molecule has 1 amide bonds. The Balaban J connectivity index is 2.58. The molecule has 0 radical (unpaired) electrons. The Kier molecular flexibility index (Phi) is 7.42. The van der Waals surface area contributed by atoms with Crippen LogP contribution in [0.3, 0.4) is 0 Å². The van der Waals surface area contributed by atoms with E-state index in [1.165, 1.54) is 0 Å². The van der Waals surface area contributed by atoms with Crippen molar-refractivity contribution in [3.63, 3.8) is 0 Å². The van der Waals surface area contributed by atoms with Crippen LogP contribution in [-0.2, 0) is 0 Å². The first-order valence-electron chi connectivity index (χ1n) is 7.13. The topological polar surface area (TPSA) is 82.7 Å². The molecule has 21 heavy (non-hydrogen) atoms. The third-order valence-electron chi connectivity index (χ3n) is 3.32. The summed E-state index contributed by atoms with van der Waals surface area (Å²) in [6.45, 7) is 10.4. The maximum atomic E-state index is 11.2. The van der Waals surface area contributed by atoms with Gasteiger partial charge >= 0.3 is 0 Å². The second kappa shape index (κ2) is 9.10. The van der Waals surface area contributed by atoms with Crippen LogP contribution in [0.15, 0.2) is 23.2 Å². The molecular weight excluding hydrogens is 266 g/mol. The first-order chi connectivity index (χ1) is 10.1. The van der Waals surface area contributed by atoms with Gasteiger partial charge in [-0.3, -0.25) is 9.79 Å². The number of nitrogens with zero attached hydrogens (tertiary/aromatic N) is 2. The molecule has 0 spiro atoms. The highest BCUT2D eigenvalue weighted by atomic mass is 16.1. The molecule has 0 aliphatic heterocycles. The number of benzene rings is 1. The minimum absolute atomic E-state index is 0.437. The van der Waals surface area contributed by atoms with Gasteiger partial charge in [0.1, 0.15) is 0 Å². The smallest absolute Gasteiger partial charge is 0.248 e. The number of aliphatic imine (C=N–C) groups is 1. The minimum atomic E-state index is -0.462. The monoisotopic (exact) mass is 291 g/mol. The summed E-state index contributed by atoms with van der Waals surface area (Å²) < 4.78 is 0. The number of nitrogens with two attached hydrogens (primary N) is 1. The van der Waals surface area contributed by atoms with Crippen LogP contribution < -0.4 is 16.4 Å². The first kappa shape index (κ1) is 17.1. The van der Waals surface area contributed by atoms with Crippen molar-refractivity contribution in [1.29, 1.82) is 0 Å². The van der Waals surface area contributed by atoms with Gasteiger partial charge in [0.05, 0.1) is 11.4 Å². The zero-order valence-corrected chi connectivity index (χ0v) is 12.9. The summed E-state index contributed by atoms with van der Waals surface area (Å²) >= 11 is 0. The van der Waals surface area contributed by atoms with Crippen LogP contribution in [0.1, 0.15) is 17.3 Å². The molecule has 0 fully saturated rings. The van der Waals surface area contributed by atoms with E-state index in [9.17, 15) is 4.79 Å². The van der Waals surface area contributed by atoms with Gasteiger partial charge in [-0.05, 0) is 38.5 Å². The van der Waals surface area contributed by atoms with Crippen LogP contribution in [-0.4, -0.2) is 57.3 Å². The highest BCUT2D eigenvalue weighted by Gasteiger charge is 2.07. The fourth-order valence-electron chi connectivity index (χ4n) is 2.01. The molecule has 0 saturated heterocycles. The van der Waals surface area contributed by atoms with Crippen molar-refractivity contribution in [2.24, 2.45) is 10.7 Å². The molecule has 1 aromatic rings. The fraction of sp³-hybridized carbons (Fsp3) is 0.467. The highest BCUT2D eigenvalue weighted by molar-refractivity contribution is 5.94. The van der Waals surface area contributed by atoms with E-state index in [2.05, 4.69) is 34.2 Å². The van der Waals surface area contributed by atoms with Gasteiger partial charge < -0.3 is 21.3 Å². The van der Waals surface area contributed by atoms with Gasteiger partial charge in [0.2, 0.25) is 5.91 Å². The van der Waals surface area contributed by atoms with Crippen molar-refractivity contribution >= 4 is 24.0 Å². The van der Waals surface area contributed by atoms with E-state index < -0.39 is 5.91 Å². The Morgan fingerprint density at radius 2 is 2.10 bits per heavy atom. The summed E-state index contributed by atoms with van der Waals surface area (Å²) in [6, 6.07) is 5.15. The average Bonchev–Trinajstić information content (AvgIpc) is 2.50. The van der Waals surface area contributed by atoms with E-state index in [0.717, 1.165) is 38.4 Å². The number of primary amides is 1. The number of nitrogens with one attached hydrogen (secondary N) is 2. The van der Waals surface area contributed by atoms with E-state index in [0.29, 0.717) is 11.3 Å². The van der Waals surface area contributed by atoms with E-state index in [1.807, 2.05) is 13.1 Å². The number of amides is 1. The number of carbonyl (C=O) groups is 1.